The first-order chi connectivity index (χ1) is 12.5. The third kappa shape index (κ3) is 3.46. The Bertz CT molecular complexity index is 900. The van der Waals surface area contributed by atoms with Crippen LogP contribution in [-0.2, 0) is 7.05 Å². The van der Waals surface area contributed by atoms with Crippen molar-refractivity contribution in [1.82, 2.24) is 4.57 Å². The minimum atomic E-state index is 0.301. The van der Waals surface area contributed by atoms with Crippen LogP contribution in [0.2, 0.25) is 0 Å². The number of imidazole rings is 1. The van der Waals surface area contributed by atoms with Gasteiger partial charge < -0.3 is 0 Å². The maximum absolute atomic E-state index is 4.01. The summed E-state index contributed by atoms with van der Waals surface area (Å²) in [5.74, 6) is 1.29. The molecule has 2 nitrogen and oxygen atoms in total. The van der Waals surface area contributed by atoms with Gasteiger partial charge in [-0.2, -0.15) is 0 Å². The zero-order chi connectivity index (χ0) is 18.8. The van der Waals surface area contributed by atoms with Crippen molar-refractivity contribution in [2.75, 3.05) is 0 Å². The van der Waals surface area contributed by atoms with Gasteiger partial charge in [0, 0.05) is 0 Å². The molecule has 0 N–H and O–H groups in total. The van der Waals surface area contributed by atoms with E-state index in [1.165, 1.54) is 58.4 Å². The lowest BCUT2D eigenvalue weighted by atomic mass is 9.99. The van der Waals surface area contributed by atoms with Crippen molar-refractivity contribution in [3.05, 3.63) is 53.1 Å². The van der Waals surface area contributed by atoms with Crippen molar-refractivity contribution in [2.45, 2.75) is 58.3 Å². The lowest BCUT2D eigenvalue weighted by Gasteiger charge is -2.14. The molecule has 1 aromatic heterocycles. The van der Waals surface area contributed by atoms with E-state index in [2.05, 4.69) is 96.2 Å². The molecular weight excluding hydrogens is 384 g/mol. The molecule has 1 atom stereocenters. The smallest absolute Gasteiger partial charge is 0.226 e. The zero-order valence-electron chi connectivity index (χ0n) is 16.6. The summed E-state index contributed by atoms with van der Waals surface area (Å²) >= 11 is 4.01. The van der Waals surface area contributed by atoms with Crippen molar-refractivity contribution in [1.29, 1.82) is 0 Å². The van der Waals surface area contributed by atoms with E-state index in [1.807, 2.05) is 0 Å². The highest BCUT2D eigenvalue weighted by Gasteiger charge is 2.30. The van der Waals surface area contributed by atoms with Gasteiger partial charge in [0.2, 0.25) is 0 Å². The quantitative estimate of drug-likeness (QED) is 0.246. The van der Waals surface area contributed by atoms with E-state index in [1.54, 1.807) is 0 Å². The highest BCUT2D eigenvalue weighted by atomic mass is 79.9. The predicted octanol–water partition coefficient (Wildman–Crippen LogP) is 6.53. The van der Waals surface area contributed by atoms with Crippen molar-refractivity contribution in [3.63, 3.8) is 0 Å². The SMILES string of the molecule is CCCCCC(Br)n1c(-c2c(C)cc(C)cc2C)[n+](C)c2ccccc21. The number of rotatable bonds is 6. The molecule has 0 aliphatic heterocycles. The van der Waals surface area contributed by atoms with Crippen LogP contribution in [0, 0.1) is 20.8 Å². The molecule has 1 unspecified atom stereocenters. The number of benzene rings is 2. The minimum absolute atomic E-state index is 0.301. The summed E-state index contributed by atoms with van der Waals surface area (Å²) in [5, 5.41) is 0. The highest BCUT2D eigenvalue weighted by molar-refractivity contribution is 9.09. The Morgan fingerprint density at radius 3 is 2.35 bits per heavy atom. The molecule has 0 amide bonds. The van der Waals surface area contributed by atoms with Crippen LogP contribution in [0.5, 0.6) is 0 Å². The van der Waals surface area contributed by atoms with E-state index in [-0.39, 0.29) is 0 Å². The molecule has 3 heteroatoms. The van der Waals surface area contributed by atoms with Gasteiger partial charge in [-0.05, 0) is 72.8 Å². The Hall–Kier alpha value is -1.61. The average molecular weight is 414 g/mol. The Labute approximate surface area is 166 Å². The molecule has 0 fully saturated rings. The summed E-state index contributed by atoms with van der Waals surface area (Å²) in [6.45, 7) is 8.91. The number of unbranched alkanes of at least 4 members (excludes halogenated alkanes) is 2. The second-order valence-electron chi connectivity index (χ2n) is 7.45. The molecule has 138 valence electrons. The topological polar surface area (TPSA) is 8.81 Å². The van der Waals surface area contributed by atoms with Crippen LogP contribution < -0.4 is 4.57 Å². The summed E-state index contributed by atoms with van der Waals surface area (Å²) in [5.41, 5.74) is 7.94. The molecule has 2 aromatic carbocycles. The molecule has 0 saturated carbocycles. The van der Waals surface area contributed by atoms with Crippen LogP contribution in [0.3, 0.4) is 0 Å². The molecular formula is C23H30BrN2+. The number of halogens is 1. The van der Waals surface area contributed by atoms with Crippen LogP contribution in [0.15, 0.2) is 36.4 Å². The first kappa shape index (κ1) is 19.2. The highest BCUT2D eigenvalue weighted by Crippen LogP contribution is 2.35. The van der Waals surface area contributed by atoms with Gasteiger partial charge in [0.1, 0.15) is 0 Å². The number of hydrogen-bond donors (Lipinski definition) is 0. The third-order valence-corrected chi connectivity index (χ3v) is 6.14. The maximum atomic E-state index is 4.01. The fourth-order valence-corrected chi connectivity index (χ4v) is 4.88. The van der Waals surface area contributed by atoms with Crippen molar-refractivity contribution >= 4 is 27.0 Å². The number of aromatic nitrogens is 2. The Morgan fingerprint density at radius 1 is 1.04 bits per heavy atom. The number of alkyl halides is 1. The Morgan fingerprint density at radius 2 is 1.69 bits per heavy atom. The lowest BCUT2D eigenvalue weighted by Crippen LogP contribution is -2.31. The number of fused-ring (bicyclic) bond motifs is 1. The van der Waals surface area contributed by atoms with Gasteiger partial charge in [0.05, 0.1) is 12.6 Å². The van der Waals surface area contributed by atoms with Gasteiger partial charge in [-0.1, -0.05) is 49.6 Å². The van der Waals surface area contributed by atoms with Crippen LogP contribution in [0.4, 0.5) is 0 Å². The molecule has 26 heavy (non-hydrogen) atoms. The van der Waals surface area contributed by atoms with Crippen molar-refractivity contribution in [3.8, 4) is 11.4 Å². The van der Waals surface area contributed by atoms with E-state index in [0.717, 1.165) is 6.42 Å². The molecule has 0 aliphatic carbocycles. The normalized spacial score (nSPS) is 12.7. The summed E-state index contributed by atoms with van der Waals surface area (Å²) in [4.78, 5) is 0.301. The van der Waals surface area contributed by atoms with E-state index >= 15 is 0 Å². The van der Waals surface area contributed by atoms with Crippen molar-refractivity contribution < 1.29 is 4.57 Å². The molecule has 0 spiro atoms. The largest absolute Gasteiger partial charge is 0.291 e. The number of para-hydroxylation sites is 2. The zero-order valence-corrected chi connectivity index (χ0v) is 18.2. The van der Waals surface area contributed by atoms with E-state index in [4.69, 9.17) is 0 Å². The Kier molecular flexibility index (Phi) is 5.86. The minimum Gasteiger partial charge on any atom is -0.226 e. The fraction of sp³-hybridized carbons (Fsp3) is 0.435. The van der Waals surface area contributed by atoms with Crippen LogP contribution in [0.1, 0.15) is 54.2 Å². The Balaban J connectivity index is 2.25. The summed E-state index contributed by atoms with van der Waals surface area (Å²) in [6, 6.07) is 13.3. The lowest BCUT2D eigenvalue weighted by molar-refractivity contribution is -0.634. The number of aryl methyl sites for hydroxylation is 4. The molecule has 0 bridgehead atoms. The van der Waals surface area contributed by atoms with Crippen LogP contribution >= 0.6 is 15.9 Å². The average Bonchev–Trinajstić information content (AvgIpc) is 2.88. The van der Waals surface area contributed by atoms with Crippen LogP contribution in [-0.4, -0.2) is 4.57 Å². The van der Waals surface area contributed by atoms with Crippen molar-refractivity contribution in [2.24, 2.45) is 7.05 Å². The van der Waals surface area contributed by atoms with Gasteiger partial charge in [0.15, 0.2) is 16.0 Å². The summed E-state index contributed by atoms with van der Waals surface area (Å²) < 4.78 is 4.85. The van der Waals surface area contributed by atoms with E-state index in [9.17, 15) is 0 Å². The van der Waals surface area contributed by atoms with Gasteiger partial charge in [-0.15, -0.1) is 0 Å². The van der Waals surface area contributed by atoms with Crippen LogP contribution in [0.25, 0.3) is 22.4 Å². The molecule has 0 aliphatic rings. The summed E-state index contributed by atoms with van der Waals surface area (Å²) in [6.07, 6.45) is 4.92. The maximum Gasteiger partial charge on any atom is 0.291 e. The van der Waals surface area contributed by atoms with Gasteiger partial charge in [-0.25, -0.2) is 9.13 Å². The molecule has 0 saturated heterocycles. The molecule has 0 radical (unpaired) electrons. The molecule has 3 rings (SSSR count). The fourth-order valence-electron chi connectivity index (χ4n) is 4.14. The van der Waals surface area contributed by atoms with Gasteiger partial charge in [-0.3, -0.25) is 0 Å². The third-order valence-electron chi connectivity index (χ3n) is 5.28. The first-order valence-electron chi connectivity index (χ1n) is 9.67. The van der Waals surface area contributed by atoms with Gasteiger partial charge >= 0.3 is 0 Å². The predicted molar refractivity (Wildman–Crippen MR) is 115 cm³/mol. The van der Waals surface area contributed by atoms with Gasteiger partial charge in [0.25, 0.3) is 5.82 Å². The van der Waals surface area contributed by atoms with E-state index < -0.39 is 0 Å². The second kappa shape index (κ2) is 7.96. The molecule has 1 heterocycles. The number of nitrogens with zero attached hydrogens (tertiary/aromatic N) is 2. The first-order valence-corrected chi connectivity index (χ1v) is 10.6. The molecule has 3 aromatic rings. The second-order valence-corrected chi connectivity index (χ2v) is 8.50. The standard InChI is InChI=1S/C23H30BrN2/c1-6-7-8-13-21(24)26-20-12-10-9-11-19(20)25(5)23(26)22-17(3)14-16(2)15-18(22)4/h9-12,14-15,21H,6-8,13H2,1-5H3/q+1. The number of hydrogen-bond acceptors (Lipinski definition) is 0. The van der Waals surface area contributed by atoms with E-state index in [0.29, 0.717) is 4.95 Å². The summed E-state index contributed by atoms with van der Waals surface area (Å²) in [7, 11) is 2.19. The monoisotopic (exact) mass is 413 g/mol.